The SMILES string of the molecule is Cc1cc(F)cc([C@@H]2CC[C@H](C(C)(C)C#N)N2C(=O)[C@@H](C)NC(=O)c2ccc(Oc3cc(C)n[nH]c3=O)c(C)c2)c1. The van der Waals surface area contributed by atoms with Crippen molar-refractivity contribution >= 4 is 11.8 Å². The zero-order valence-corrected chi connectivity index (χ0v) is 24.0. The fourth-order valence-electron chi connectivity index (χ4n) is 5.33. The average molecular weight is 560 g/mol. The highest BCUT2D eigenvalue weighted by Crippen LogP contribution is 2.43. The number of nitriles is 1. The van der Waals surface area contributed by atoms with E-state index in [1.54, 1.807) is 64.6 Å². The Morgan fingerprint density at radius 3 is 2.54 bits per heavy atom. The van der Waals surface area contributed by atoms with Gasteiger partial charge in [-0.1, -0.05) is 6.07 Å². The summed E-state index contributed by atoms with van der Waals surface area (Å²) < 4.78 is 20.0. The molecule has 41 heavy (non-hydrogen) atoms. The number of nitrogens with zero attached hydrogens (tertiary/aromatic N) is 3. The molecule has 1 saturated heterocycles. The molecule has 0 saturated carbocycles. The van der Waals surface area contributed by atoms with Crippen LogP contribution in [0.5, 0.6) is 11.5 Å². The van der Waals surface area contributed by atoms with Gasteiger partial charge >= 0.3 is 5.56 Å². The van der Waals surface area contributed by atoms with Crippen molar-refractivity contribution in [3.8, 4) is 17.6 Å². The van der Waals surface area contributed by atoms with E-state index in [1.165, 1.54) is 18.2 Å². The van der Waals surface area contributed by atoms with Gasteiger partial charge in [0, 0.05) is 11.6 Å². The van der Waals surface area contributed by atoms with E-state index in [0.717, 1.165) is 5.56 Å². The predicted molar refractivity (Wildman–Crippen MR) is 151 cm³/mol. The minimum Gasteiger partial charge on any atom is -0.451 e. The normalized spacial score (nSPS) is 17.6. The number of aromatic nitrogens is 2. The van der Waals surface area contributed by atoms with Crippen molar-refractivity contribution in [3.63, 3.8) is 0 Å². The van der Waals surface area contributed by atoms with Crippen LogP contribution < -0.4 is 15.6 Å². The van der Waals surface area contributed by atoms with Gasteiger partial charge < -0.3 is 15.0 Å². The standard InChI is InChI=1S/C31H34FN5O4/c1-17-11-22(15-23(32)12-17)24-8-10-27(31(5,6)16-33)37(24)30(40)20(4)34-28(38)21-7-9-25(18(2)13-21)41-26-14-19(3)35-36-29(26)39/h7,9,11-15,20,24,27H,8,10H2,1-6H3,(H,34,38)(H,36,39)/t20-,24+,27-/m1/s1. The molecule has 1 aliphatic heterocycles. The quantitative estimate of drug-likeness (QED) is 0.418. The van der Waals surface area contributed by atoms with Crippen molar-refractivity contribution in [1.82, 2.24) is 20.4 Å². The molecule has 2 aromatic carbocycles. The minimum atomic E-state index is -0.913. The molecule has 10 heteroatoms. The molecule has 0 bridgehead atoms. The molecule has 9 nitrogen and oxygen atoms in total. The molecular formula is C31H34FN5O4. The molecule has 1 fully saturated rings. The highest BCUT2D eigenvalue weighted by molar-refractivity contribution is 5.98. The van der Waals surface area contributed by atoms with E-state index in [2.05, 4.69) is 21.6 Å². The number of nitrogens with one attached hydrogen (secondary N) is 2. The Labute approximate surface area is 238 Å². The summed E-state index contributed by atoms with van der Waals surface area (Å²) in [5.41, 5.74) is 1.58. The third kappa shape index (κ3) is 6.30. The first-order valence-electron chi connectivity index (χ1n) is 13.5. The summed E-state index contributed by atoms with van der Waals surface area (Å²) in [4.78, 5) is 40.7. The summed E-state index contributed by atoms with van der Waals surface area (Å²) in [6.07, 6.45) is 1.15. The van der Waals surface area contributed by atoms with Gasteiger partial charge in [-0.2, -0.15) is 10.4 Å². The maximum Gasteiger partial charge on any atom is 0.307 e. The third-order valence-corrected chi connectivity index (χ3v) is 7.48. The smallest absolute Gasteiger partial charge is 0.307 e. The first-order valence-corrected chi connectivity index (χ1v) is 13.5. The molecule has 2 N–H and O–H groups in total. The molecule has 3 atom stereocenters. The number of carbonyl (C=O) groups excluding carboxylic acids is 2. The second kappa shape index (κ2) is 11.5. The molecule has 0 radical (unpaired) electrons. The van der Waals surface area contributed by atoms with E-state index in [4.69, 9.17) is 4.74 Å². The van der Waals surface area contributed by atoms with Crippen molar-refractivity contribution in [2.24, 2.45) is 5.41 Å². The number of aryl methyl sites for hydroxylation is 3. The molecule has 1 aliphatic rings. The van der Waals surface area contributed by atoms with E-state index in [-0.39, 0.29) is 17.5 Å². The van der Waals surface area contributed by atoms with Gasteiger partial charge in [0.25, 0.3) is 5.91 Å². The molecule has 3 aromatic rings. The zero-order chi connectivity index (χ0) is 30.1. The van der Waals surface area contributed by atoms with Gasteiger partial charge in [-0.3, -0.25) is 14.4 Å². The topological polar surface area (TPSA) is 128 Å². The number of amides is 2. The number of carbonyl (C=O) groups is 2. The second-order valence-electron chi connectivity index (χ2n) is 11.2. The lowest BCUT2D eigenvalue weighted by atomic mass is 9.84. The summed E-state index contributed by atoms with van der Waals surface area (Å²) in [6, 6.07) is 11.5. The molecule has 214 valence electrons. The molecule has 0 aliphatic carbocycles. The number of hydrogen-bond acceptors (Lipinski definition) is 6. The summed E-state index contributed by atoms with van der Waals surface area (Å²) >= 11 is 0. The maximum absolute atomic E-state index is 14.3. The van der Waals surface area contributed by atoms with Crippen LogP contribution in [0.25, 0.3) is 0 Å². The lowest BCUT2D eigenvalue weighted by Crippen LogP contribution is -2.52. The van der Waals surface area contributed by atoms with Crippen LogP contribution in [-0.2, 0) is 4.79 Å². The molecule has 2 heterocycles. The van der Waals surface area contributed by atoms with Crippen molar-refractivity contribution < 1.29 is 18.7 Å². The second-order valence-corrected chi connectivity index (χ2v) is 11.2. The van der Waals surface area contributed by atoms with Crippen molar-refractivity contribution in [3.05, 3.63) is 86.6 Å². The summed E-state index contributed by atoms with van der Waals surface area (Å²) in [5.74, 6) is -0.719. The number of hydrogen-bond donors (Lipinski definition) is 2. The van der Waals surface area contributed by atoms with Crippen molar-refractivity contribution in [2.45, 2.75) is 72.5 Å². The number of benzene rings is 2. The first kappa shape index (κ1) is 29.5. The van der Waals surface area contributed by atoms with Crippen LogP contribution in [0.15, 0.2) is 47.3 Å². The monoisotopic (exact) mass is 559 g/mol. The molecule has 4 rings (SSSR count). The number of halogens is 1. The third-order valence-electron chi connectivity index (χ3n) is 7.48. The average Bonchev–Trinajstić information content (AvgIpc) is 3.37. The van der Waals surface area contributed by atoms with Gasteiger partial charge in [0.2, 0.25) is 5.91 Å². The number of H-pyrrole nitrogens is 1. The van der Waals surface area contributed by atoms with Crippen molar-refractivity contribution in [2.75, 3.05) is 0 Å². The van der Waals surface area contributed by atoms with Crippen LogP contribution in [0.1, 0.15) is 72.4 Å². The predicted octanol–water partition coefficient (Wildman–Crippen LogP) is 5.03. The number of likely N-dealkylation sites (tertiary alicyclic amines) is 1. The van der Waals surface area contributed by atoms with Gasteiger partial charge in [0.05, 0.1) is 29.3 Å². The van der Waals surface area contributed by atoms with Crippen LogP contribution in [0.4, 0.5) is 4.39 Å². The highest BCUT2D eigenvalue weighted by atomic mass is 19.1. The Kier molecular flexibility index (Phi) is 8.29. The summed E-state index contributed by atoms with van der Waals surface area (Å²) in [7, 11) is 0. The van der Waals surface area contributed by atoms with Crippen molar-refractivity contribution in [1.29, 1.82) is 5.26 Å². The van der Waals surface area contributed by atoms with Gasteiger partial charge in [-0.15, -0.1) is 0 Å². The maximum atomic E-state index is 14.3. The largest absolute Gasteiger partial charge is 0.451 e. The lowest BCUT2D eigenvalue weighted by molar-refractivity contribution is -0.137. The molecule has 1 aromatic heterocycles. The van der Waals surface area contributed by atoms with E-state index in [1.807, 2.05) is 6.07 Å². The Hall–Kier alpha value is -4.52. The van der Waals surface area contributed by atoms with E-state index >= 15 is 0 Å². The Morgan fingerprint density at radius 2 is 1.88 bits per heavy atom. The Morgan fingerprint density at radius 1 is 1.15 bits per heavy atom. The van der Waals surface area contributed by atoms with Gasteiger partial charge in [-0.05, 0) is 101 Å². The summed E-state index contributed by atoms with van der Waals surface area (Å²) in [5, 5.41) is 18.8. The number of ether oxygens (including phenoxy) is 1. The van der Waals surface area contributed by atoms with E-state index < -0.39 is 35.0 Å². The van der Waals surface area contributed by atoms with Crippen LogP contribution in [0.3, 0.4) is 0 Å². The van der Waals surface area contributed by atoms with Gasteiger partial charge in [0.1, 0.15) is 17.6 Å². The molecule has 2 amide bonds. The van der Waals surface area contributed by atoms with Crippen LogP contribution in [-0.4, -0.2) is 39.0 Å². The van der Waals surface area contributed by atoms with Gasteiger partial charge in [-0.25, -0.2) is 9.49 Å². The van der Waals surface area contributed by atoms with Crippen LogP contribution in [0.2, 0.25) is 0 Å². The molecular weight excluding hydrogens is 525 g/mol. The lowest BCUT2D eigenvalue weighted by Gasteiger charge is -2.38. The molecule has 0 unspecified atom stereocenters. The number of rotatable bonds is 7. The zero-order valence-electron chi connectivity index (χ0n) is 24.0. The molecule has 0 spiro atoms. The Bertz CT molecular complexity index is 1570. The van der Waals surface area contributed by atoms with Gasteiger partial charge in [0.15, 0.2) is 5.75 Å². The van der Waals surface area contributed by atoms with E-state index in [0.29, 0.717) is 41.0 Å². The number of aromatic amines is 1. The van der Waals surface area contributed by atoms with Crippen LogP contribution in [0, 0.1) is 43.3 Å². The fraction of sp³-hybridized carbons (Fsp3) is 0.387. The van der Waals surface area contributed by atoms with Crippen LogP contribution >= 0.6 is 0 Å². The fourth-order valence-corrected chi connectivity index (χ4v) is 5.33. The Balaban J connectivity index is 1.55. The highest BCUT2D eigenvalue weighted by Gasteiger charge is 2.46. The minimum absolute atomic E-state index is 0.0838. The first-order chi connectivity index (χ1) is 19.3. The van der Waals surface area contributed by atoms with E-state index in [9.17, 15) is 24.0 Å². The summed E-state index contributed by atoms with van der Waals surface area (Å²) in [6.45, 7) is 10.4.